The molecule has 160 valence electrons. The first-order chi connectivity index (χ1) is 14.3. The van der Waals surface area contributed by atoms with Gasteiger partial charge in [-0.25, -0.2) is 9.67 Å². The molecular weight excluding hydrogens is 437 g/mol. The zero-order chi connectivity index (χ0) is 21.5. The fraction of sp³-hybridized carbons (Fsp3) is 0.529. The van der Waals surface area contributed by atoms with Gasteiger partial charge >= 0.3 is 11.6 Å². The zero-order valence-electron chi connectivity index (χ0n) is 16.3. The molecule has 3 aromatic heterocycles. The Balaban J connectivity index is 1.44. The number of nitrogens with zero attached hydrogens (tertiary/aromatic N) is 7. The number of ether oxygens (including phenoxy) is 2. The normalized spacial score (nSPS) is 15.3. The average molecular weight is 456 g/mol. The summed E-state index contributed by atoms with van der Waals surface area (Å²) in [6.45, 7) is 6.09. The van der Waals surface area contributed by atoms with Gasteiger partial charge in [0, 0.05) is 24.6 Å². The van der Waals surface area contributed by atoms with Gasteiger partial charge in [-0.1, -0.05) is 18.5 Å². The van der Waals surface area contributed by atoms with Gasteiger partial charge in [0.1, 0.15) is 5.69 Å². The lowest BCUT2D eigenvalue weighted by Crippen LogP contribution is -2.43. The molecule has 1 aliphatic heterocycles. The molecule has 1 aliphatic rings. The van der Waals surface area contributed by atoms with Crippen molar-refractivity contribution in [1.29, 1.82) is 0 Å². The maximum absolute atomic E-state index is 11.5. The highest BCUT2D eigenvalue weighted by Crippen LogP contribution is 2.34. The summed E-state index contributed by atoms with van der Waals surface area (Å²) in [5, 5.41) is 21.0. The Labute approximate surface area is 181 Å². The molecule has 0 atom stereocenters. The number of hydrogen-bond acceptors (Lipinski definition) is 8. The van der Waals surface area contributed by atoms with Gasteiger partial charge in [0.2, 0.25) is 5.28 Å². The minimum Gasteiger partial charge on any atom is -0.472 e. The fourth-order valence-corrected chi connectivity index (χ4v) is 3.67. The van der Waals surface area contributed by atoms with Crippen LogP contribution in [0, 0.1) is 22.5 Å². The molecule has 30 heavy (non-hydrogen) atoms. The van der Waals surface area contributed by atoms with Gasteiger partial charge in [0.25, 0.3) is 0 Å². The molecule has 11 nitrogen and oxygen atoms in total. The molecule has 4 heterocycles. The zero-order valence-corrected chi connectivity index (χ0v) is 17.9. The average Bonchev–Trinajstić information content (AvgIpc) is 3.14. The largest absolute Gasteiger partial charge is 0.472 e. The number of aromatic nitrogens is 6. The van der Waals surface area contributed by atoms with Crippen molar-refractivity contribution in [2.24, 2.45) is 5.41 Å². The van der Waals surface area contributed by atoms with Crippen LogP contribution in [0.2, 0.25) is 10.4 Å². The number of fused-ring (bicyclic) bond motifs is 1. The number of nitro groups is 1. The molecule has 0 radical (unpaired) electrons. The summed E-state index contributed by atoms with van der Waals surface area (Å²) in [7, 11) is 0. The van der Waals surface area contributed by atoms with Gasteiger partial charge in [0.15, 0.2) is 10.8 Å². The second-order valence-corrected chi connectivity index (χ2v) is 8.25. The third-order valence-electron chi connectivity index (χ3n) is 4.93. The molecule has 0 bridgehead atoms. The second-order valence-electron chi connectivity index (χ2n) is 7.55. The van der Waals surface area contributed by atoms with E-state index in [0.29, 0.717) is 49.5 Å². The van der Waals surface area contributed by atoms with E-state index in [2.05, 4.69) is 27.1 Å². The summed E-state index contributed by atoms with van der Waals surface area (Å²) < 4.78 is 14.1. The molecule has 0 saturated carbocycles. The fourth-order valence-electron chi connectivity index (χ4n) is 3.31. The smallest absolute Gasteiger partial charge is 0.352 e. The molecule has 1 fully saturated rings. The van der Waals surface area contributed by atoms with Gasteiger partial charge < -0.3 is 9.47 Å². The lowest BCUT2D eigenvalue weighted by atomic mass is 9.89. The van der Waals surface area contributed by atoms with Crippen molar-refractivity contribution >= 4 is 39.9 Å². The van der Waals surface area contributed by atoms with Gasteiger partial charge in [0.05, 0.1) is 36.7 Å². The summed E-state index contributed by atoms with van der Waals surface area (Å²) in [5.41, 5.74) is 0.776. The van der Waals surface area contributed by atoms with Gasteiger partial charge in [-0.15, -0.1) is 5.10 Å². The van der Waals surface area contributed by atoms with Crippen molar-refractivity contribution in [1.82, 2.24) is 29.5 Å². The van der Waals surface area contributed by atoms with E-state index in [0.717, 1.165) is 0 Å². The Hall–Kier alpha value is -2.50. The van der Waals surface area contributed by atoms with Gasteiger partial charge in [-0.05, 0) is 18.5 Å². The number of rotatable bonds is 8. The van der Waals surface area contributed by atoms with E-state index in [1.165, 1.54) is 6.20 Å². The molecule has 0 spiro atoms. The molecule has 1 saturated heterocycles. The minimum atomic E-state index is -0.465. The Kier molecular flexibility index (Phi) is 5.51. The van der Waals surface area contributed by atoms with E-state index in [-0.39, 0.29) is 34.0 Å². The predicted octanol–water partition coefficient (Wildman–Crippen LogP) is 3.05. The molecular formula is C17H19Cl2N7O4. The molecule has 0 aromatic carbocycles. The van der Waals surface area contributed by atoms with Crippen molar-refractivity contribution in [2.75, 3.05) is 19.8 Å². The molecule has 0 amide bonds. The Morgan fingerprint density at radius 1 is 1.33 bits per heavy atom. The Bertz CT molecular complexity index is 1110. The highest BCUT2D eigenvalue weighted by Gasteiger charge is 2.36. The first-order valence-corrected chi connectivity index (χ1v) is 10.00. The molecule has 3 aromatic rings. The van der Waals surface area contributed by atoms with E-state index in [9.17, 15) is 10.1 Å². The lowest BCUT2D eigenvalue weighted by molar-refractivity contribution is -0.386. The van der Waals surface area contributed by atoms with E-state index in [4.69, 9.17) is 32.7 Å². The van der Waals surface area contributed by atoms with Crippen LogP contribution >= 0.6 is 23.2 Å². The molecule has 13 heteroatoms. The van der Waals surface area contributed by atoms with Crippen molar-refractivity contribution in [2.45, 2.75) is 33.4 Å². The quantitative estimate of drug-likeness (QED) is 0.219. The van der Waals surface area contributed by atoms with Crippen LogP contribution in [-0.4, -0.2) is 54.3 Å². The predicted molar refractivity (Wildman–Crippen MR) is 108 cm³/mol. The number of aryl methyl sites for hydroxylation is 1. The van der Waals surface area contributed by atoms with Crippen molar-refractivity contribution in [3.63, 3.8) is 0 Å². The SMILES string of the molecule is Cc1c([N+](=O)[O-])c(OCCCn2nc(Cl)c3cnc(Cl)nc32)nn1CC1(C)COC1. The van der Waals surface area contributed by atoms with Crippen LogP contribution in [0.15, 0.2) is 6.20 Å². The summed E-state index contributed by atoms with van der Waals surface area (Å²) in [6, 6.07) is 0. The van der Waals surface area contributed by atoms with Crippen LogP contribution in [0.3, 0.4) is 0 Å². The third-order valence-corrected chi connectivity index (χ3v) is 5.39. The van der Waals surface area contributed by atoms with E-state index in [1.54, 1.807) is 16.3 Å². The molecule has 4 rings (SSSR count). The molecule has 0 N–H and O–H groups in total. The Morgan fingerprint density at radius 3 is 2.77 bits per heavy atom. The van der Waals surface area contributed by atoms with Crippen LogP contribution in [0.5, 0.6) is 5.88 Å². The van der Waals surface area contributed by atoms with Gasteiger partial charge in [-0.2, -0.15) is 10.1 Å². The highest BCUT2D eigenvalue weighted by atomic mass is 35.5. The second kappa shape index (κ2) is 7.97. The van der Waals surface area contributed by atoms with Crippen molar-refractivity contribution in [3.05, 3.63) is 32.4 Å². The van der Waals surface area contributed by atoms with Crippen molar-refractivity contribution < 1.29 is 14.4 Å². The van der Waals surface area contributed by atoms with Crippen LogP contribution < -0.4 is 4.74 Å². The van der Waals surface area contributed by atoms with E-state index < -0.39 is 4.92 Å². The number of halogens is 2. The monoisotopic (exact) mass is 455 g/mol. The van der Waals surface area contributed by atoms with Crippen LogP contribution in [0.25, 0.3) is 11.0 Å². The summed E-state index contributed by atoms with van der Waals surface area (Å²) >= 11 is 12.0. The first kappa shape index (κ1) is 20.8. The number of hydrogen-bond donors (Lipinski definition) is 0. The molecule has 0 unspecified atom stereocenters. The first-order valence-electron chi connectivity index (χ1n) is 9.24. The highest BCUT2D eigenvalue weighted by molar-refractivity contribution is 6.34. The van der Waals surface area contributed by atoms with Crippen molar-refractivity contribution in [3.8, 4) is 5.88 Å². The van der Waals surface area contributed by atoms with Crippen LogP contribution in [0.1, 0.15) is 19.0 Å². The minimum absolute atomic E-state index is 0.00932. The van der Waals surface area contributed by atoms with E-state index >= 15 is 0 Å². The third kappa shape index (κ3) is 3.92. The van der Waals surface area contributed by atoms with E-state index in [1.807, 2.05) is 0 Å². The van der Waals surface area contributed by atoms with Gasteiger partial charge in [-0.3, -0.25) is 14.8 Å². The van der Waals surface area contributed by atoms with Crippen LogP contribution in [0.4, 0.5) is 5.69 Å². The maximum atomic E-state index is 11.5. The topological polar surface area (TPSA) is 123 Å². The summed E-state index contributed by atoms with van der Waals surface area (Å²) in [6.07, 6.45) is 2.02. The lowest BCUT2D eigenvalue weighted by Gasteiger charge is -2.37. The summed E-state index contributed by atoms with van der Waals surface area (Å²) in [4.78, 5) is 19.1. The molecule has 0 aliphatic carbocycles. The maximum Gasteiger partial charge on any atom is 0.352 e. The summed E-state index contributed by atoms with van der Waals surface area (Å²) in [5.74, 6) is 0.00932. The van der Waals surface area contributed by atoms with Crippen LogP contribution in [-0.2, 0) is 17.8 Å². The standard InChI is InChI=1S/C17H19Cl2N7O4/c1-10-12(26(27)28)15(23-25(10)7-17(2)8-29-9-17)30-5-3-4-24-14-11(13(18)22-24)6-20-16(19)21-14/h6H,3-5,7-9H2,1-2H3. The Morgan fingerprint density at radius 2 is 2.10 bits per heavy atom.